The average Bonchev–Trinajstić information content (AvgIpc) is 3.29. The first-order chi connectivity index (χ1) is 15.4. The summed E-state index contributed by atoms with van der Waals surface area (Å²) < 4.78 is 48.2. The van der Waals surface area contributed by atoms with Gasteiger partial charge in [-0.05, 0) is 18.2 Å². The maximum absolute atomic E-state index is 12.8. The van der Waals surface area contributed by atoms with Crippen molar-refractivity contribution in [2.75, 3.05) is 44.2 Å². The molecule has 0 spiro atoms. The van der Waals surface area contributed by atoms with E-state index in [0.717, 1.165) is 54.8 Å². The van der Waals surface area contributed by atoms with Crippen molar-refractivity contribution in [1.82, 2.24) is 14.3 Å². The van der Waals surface area contributed by atoms with Gasteiger partial charge in [-0.1, -0.05) is 36.4 Å². The Balaban J connectivity index is 1.23. The third kappa shape index (κ3) is 5.76. The highest BCUT2D eigenvalue weighted by Crippen LogP contribution is 2.31. The highest BCUT2D eigenvalue weighted by atomic mass is 32.1. The Kier molecular flexibility index (Phi) is 6.92. The molecule has 1 N–H and O–H groups in total. The predicted octanol–water partition coefficient (Wildman–Crippen LogP) is 3.79. The lowest BCUT2D eigenvalue weighted by atomic mass is 10.2. The van der Waals surface area contributed by atoms with E-state index in [1.54, 1.807) is 0 Å². The molecule has 10 heteroatoms. The first-order valence-corrected chi connectivity index (χ1v) is 11.0. The number of alkyl halides is 3. The number of anilines is 1. The molecule has 0 aliphatic carbocycles. The Labute approximate surface area is 188 Å². The van der Waals surface area contributed by atoms with Crippen LogP contribution in [-0.2, 0) is 6.18 Å². The van der Waals surface area contributed by atoms with Gasteiger partial charge in [0.2, 0.25) is 5.13 Å². The van der Waals surface area contributed by atoms with E-state index in [1.807, 2.05) is 30.3 Å². The highest BCUT2D eigenvalue weighted by Gasteiger charge is 2.30. The van der Waals surface area contributed by atoms with E-state index >= 15 is 0 Å². The lowest BCUT2D eigenvalue weighted by Crippen LogP contribution is -2.49. The van der Waals surface area contributed by atoms with Gasteiger partial charge >= 0.3 is 6.18 Å². The van der Waals surface area contributed by atoms with E-state index in [1.165, 1.54) is 23.7 Å². The molecule has 1 aliphatic heterocycles. The molecule has 2 aromatic carbocycles. The number of halogens is 3. The molecule has 170 valence electrons. The summed E-state index contributed by atoms with van der Waals surface area (Å²) in [4.78, 5) is 8.92. The zero-order valence-corrected chi connectivity index (χ0v) is 18.0. The van der Waals surface area contributed by atoms with Crippen LogP contribution in [0.3, 0.4) is 0 Å². The van der Waals surface area contributed by atoms with Gasteiger partial charge in [-0.2, -0.15) is 22.5 Å². The average molecular weight is 465 g/mol. The summed E-state index contributed by atoms with van der Waals surface area (Å²) in [7, 11) is 0. The minimum Gasteiger partial charge on any atom is -0.491 e. The SMILES string of the molecule is O[C@H](COc1cccc(C(F)(F)F)c1)CN1CCN(c2nc(-c3ccccc3)ns2)CC1. The zero-order chi connectivity index (χ0) is 22.6. The van der Waals surface area contributed by atoms with Crippen LogP contribution in [0.25, 0.3) is 11.4 Å². The van der Waals surface area contributed by atoms with E-state index in [0.29, 0.717) is 6.54 Å². The monoisotopic (exact) mass is 464 g/mol. The Morgan fingerprint density at radius 2 is 1.78 bits per heavy atom. The van der Waals surface area contributed by atoms with Crippen molar-refractivity contribution in [1.29, 1.82) is 0 Å². The molecule has 4 rings (SSSR count). The largest absolute Gasteiger partial charge is 0.491 e. The van der Waals surface area contributed by atoms with Gasteiger partial charge in [0.25, 0.3) is 0 Å². The van der Waals surface area contributed by atoms with E-state index in [9.17, 15) is 18.3 Å². The van der Waals surface area contributed by atoms with Crippen LogP contribution in [0.5, 0.6) is 5.75 Å². The number of rotatable bonds is 7. The molecule has 6 nitrogen and oxygen atoms in total. The molecular weight excluding hydrogens is 441 g/mol. The van der Waals surface area contributed by atoms with Crippen LogP contribution in [0.4, 0.5) is 18.3 Å². The van der Waals surface area contributed by atoms with Crippen LogP contribution in [0.1, 0.15) is 5.56 Å². The summed E-state index contributed by atoms with van der Waals surface area (Å²) in [5.41, 5.74) is 0.213. The van der Waals surface area contributed by atoms with E-state index in [-0.39, 0.29) is 12.4 Å². The lowest BCUT2D eigenvalue weighted by molar-refractivity contribution is -0.137. The Bertz CT molecular complexity index is 1010. The van der Waals surface area contributed by atoms with Crippen molar-refractivity contribution in [3.63, 3.8) is 0 Å². The molecular formula is C22H23F3N4O2S. The van der Waals surface area contributed by atoms with Crippen molar-refractivity contribution in [2.45, 2.75) is 12.3 Å². The van der Waals surface area contributed by atoms with Gasteiger partial charge in [-0.15, -0.1) is 0 Å². The number of nitrogens with zero attached hydrogens (tertiary/aromatic N) is 4. The van der Waals surface area contributed by atoms with Crippen molar-refractivity contribution in [2.24, 2.45) is 0 Å². The third-order valence-electron chi connectivity index (χ3n) is 5.16. The van der Waals surface area contributed by atoms with Crippen LogP contribution in [0.2, 0.25) is 0 Å². The number of piperazine rings is 1. The number of aliphatic hydroxyl groups excluding tert-OH is 1. The lowest BCUT2D eigenvalue weighted by Gasteiger charge is -2.35. The smallest absolute Gasteiger partial charge is 0.416 e. The Morgan fingerprint density at radius 1 is 1.03 bits per heavy atom. The van der Waals surface area contributed by atoms with Gasteiger partial charge in [0.1, 0.15) is 18.5 Å². The van der Waals surface area contributed by atoms with Gasteiger partial charge in [0, 0.05) is 49.8 Å². The summed E-state index contributed by atoms with van der Waals surface area (Å²) in [6, 6.07) is 14.5. The quantitative estimate of drug-likeness (QED) is 0.574. The van der Waals surface area contributed by atoms with Crippen LogP contribution < -0.4 is 9.64 Å². The minimum atomic E-state index is -4.42. The van der Waals surface area contributed by atoms with Crippen molar-refractivity contribution in [3.05, 3.63) is 60.2 Å². The van der Waals surface area contributed by atoms with Gasteiger partial charge in [0.15, 0.2) is 5.82 Å². The van der Waals surface area contributed by atoms with Gasteiger partial charge in [-0.3, -0.25) is 4.90 Å². The molecule has 0 radical (unpaired) electrons. The van der Waals surface area contributed by atoms with Crippen molar-refractivity contribution < 1.29 is 23.0 Å². The fourth-order valence-corrected chi connectivity index (χ4v) is 4.22. The number of β-amino-alcohol motifs (C(OH)–C–C–N with tert-alkyl or cyclic N) is 1. The standard InChI is InChI=1S/C22H23F3N4O2S/c23-22(24,25)17-7-4-8-19(13-17)31-15-18(30)14-28-9-11-29(12-10-28)21-26-20(27-32-21)16-5-2-1-3-6-16/h1-8,13,18,30H,9-12,14-15H2/t18-/m0/s1. The summed E-state index contributed by atoms with van der Waals surface area (Å²) >= 11 is 1.37. The Hall–Kier alpha value is -2.69. The molecule has 1 saturated heterocycles. The van der Waals surface area contributed by atoms with Crippen LogP contribution in [0, 0.1) is 0 Å². The van der Waals surface area contributed by atoms with Gasteiger partial charge in [-0.25, -0.2) is 0 Å². The molecule has 0 unspecified atom stereocenters. The van der Waals surface area contributed by atoms with E-state index < -0.39 is 17.8 Å². The third-order valence-corrected chi connectivity index (χ3v) is 5.94. The highest BCUT2D eigenvalue weighted by molar-refractivity contribution is 7.09. The predicted molar refractivity (Wildman–Crippen MR) is 117 cm³/mol. The molecule has 3 aromatic rings. The molecule has 0 amide bonds. The molecule has 0 bridgehead atoms. The number of aromatic nitrogens is 2. The topological polar surface area (TPSA) is 61.7 Å². The first-order valence-electron chi connectivity index (χ1n) is 10.2. The number of benzene rings is 2. The molecule has 1 atom stereocenters. The zero-order valence-electron chi connectivity index (χ0n) is 17.2. The number of hydrogen-bond acceptors (Lipinski definition) is 7. The van der Waals surface area contributed by atoms with Crippen LogP contribution >= 0.6 is 11.5 Å². The van der Waals surface area contributed by atoms with Crippen molar-refractivity contribution >= 4 is 16.7 Å². The summed E-state index contributed by atoms with van der Waals surface area (Å²) in [5.74, 6) is 0.810. The molecule has 1 aromatic heterocycles. The van der Waals surface area contributed by atoms with Crippen LogP contribution in [0.15, 0.2) is 54.6 Å². The fourth-order valence-electron chi connectivity index (χ4n) is 3.48. The molecule has 2 heterocycles. The number of aliphatic hydroxyl groups is 1. The minimum absolute atomic E-state index is 0.0711. The Morgan fingerprint density at radius 3 is 2.50 bits per heavy atom. The van der Waals surface area contributed by atoms with E-state index in [2.05, 4.69) is 19.2 Å². The summed E-state index contributed by atoms with van der Waals surface area (Å²) in [5, 5.41) is 11.2. The number of ether oxygens (including phenoxy) is 1. The van der Waals surface area contributed by atoms with Gasteiger partial charge in [0.05, 0.1) is 5.56 Å². The second kappa shape index (κ2) is 9.85. The normalized spacial score (nSPS) is 16.2. The molecule has 1 fully saturated rings. The number of hydrogen-bond donors (Lipinski definition) is 1. The first kappa shape index (κ1) is 22.5. The second-order valence-electron chi connectivity index (χ2n) is 7.54. The maximum atomic E-state index is 12.8. The van der Waals surface area contributed by atoms with Crippen molar-refractivity contribution in [3.8, 4) is 17.1 Å². The second-order valence-corrected chi connectivity index (χ2v) is 8.27. The summed E-state index contributed by atoms with van der Waals surface area (Å²) in [6.07, 6.45) is -5.23. The summed E-state index contributed by atoms with van der Waals surface area (Å²) in [6.45, 7) is 3.30. The molecule has 1 aliphatic rings. The maximum Gasteiger partial charge on any atom is 0.416 e. The molecule has 0 saturated carbocycles. The van der Waals surface area contributed by atoms with E-state index in [4.69, 9.17) is 4.74 Å². The molecule has 32 heavy (non-hydrogen) atoms. The van der Waals surface area contributed by atoms with Gasteiger partial charge < -0.3 is 14.7 Å². The fraction of sp³-hybridized carbons (Fsp3) is 0.364. The van der Waals surface area contributed by atoms with Crippen LogP contribution in [-0.4, -0.2) is 64.8 Å².